The third-order valence-corrected chi connectivity index (χ3v) is 5.83. The van der Waals surface area contributed by atoms with Gasteiger partial charge >= 0.3 is 5.69 Å². The fraction of sp³-hybridized carbons (Fsp3) is 0.389. The zero-order valence-corrected chi connectivity index (χ0v) is 15.8. The van der Waals surface area contributed by atoms with Crippen molar-refractivity contribution in [3.63, 3.8) is 0 Å². The molecular weight excluding hydrogens is 364 g/mol. The molecule has 3 heterocycles. The van der Waals surface area contributed by atoms with Gasteiger partial charge in [-0.3, -0.25) is 10.1 Å². The van der Waals surface area contributed by atoms with E-state index in [1.165, 1.54) is 17.7 Å². The summed E-state index contributed by atoms with van der Waals surface area (Å²) in [6.45, 7) is 2.88. The Labute approximate surface area is 160 Å². The van der Waals surface area contributed by atoms with Crippen molar-refractivity contribution < 1.29 is 4.92 Å². The molecule has 0 spiro atoms. The molecule has 1 aliphatic heterocycles. The van der Waals surface area contributed by atoms with Gasteiger partial charge in [-0.15, -0.1) is 0 Å². The van der Waals surface area contributed by atoms with Crippen LogP contribution in [0.5, 0.6) is 0 Å². The van der Waals surface area contributed by atoms with Crippen LogP contribution in [0.15, 0.2) is 30.6 Å². The largest absolute Gasteiger partial charge is 0.353 e. The number of hydrogen-bond acceptors (Lipinski definition) is 8. The molecule has 0 bridgehead atoms. The Kier molecular flexibility index (Phi) is 4.85. The lowest BCUT2D eigenvalue weighted by Crippen LogP contribution is -2.40. The van der Waals surface area contributed by atoms with Gasteiger partial charge in [-0.1, -0.05) is 30.4 Å². The molecule has 1 aliphatic rings. The van der Waals surface area contributed by atoms with Crippen LogP contribution < -0.4 is 10.2 Å². The fourth-order valence-electron chi connectivity index (χ4n) is 3.57. The molecule has 0 amide bonds. The van der Waals surface area contributed by atoms with E-state index in [9.17, 15) is 10.1 Å². The summed E-state index contributed by atoms with van der Waals surface area (Å²) in [5, 5.41) is 15.5. The van der Waals surface area contributed by atoms with Crippen molar-refractivity contribution in [2.75, 3.05) is 16.8 Å². The summed E-state index contributed by atoms with van der Waals surface area (Å²) in [6.07, 6.45) is 5.50. The maximum atomic E-state index is 11.9. The number of aromatic nitrogens is 3. The number of anilines is 3. The summed E-state index contributed by atoms with van der Waals surface area (Å²) < 4.78 is 1.01. The monoisotopic (exact) mass is 384 g/mol. The van der Waals surface area contributed by atoms with Crippen LogP contribution in [0.25, 0.3) is 10.2 Å². The van der Waals surface area contributed by atoms with Crippen LogP contribution in [0, 0.1) is 10.1 Å². The second-order valence-corrected chi connectivity index (χ2v) is 7.55. The molecule has 1 aromatic carbocycles. The predicted octanol–water partition coefficient (Wildman–Crippen LogP) is 4.51. The topological polar surface area (TPSA) is 97.1 Å². The molecule has 1 fully saturated rings. The van der Waals surface area contributed by atoms with Crippen LogP contribution in [-0.4, -0.2) is 32.5 Å². The first kappa shape index (κ1) is 17.6. The average Bonchev–Trinajstić information content (AvgIpc) is 3.09. The quantitative estimate of drug-likeness (QED) is 0.510. The highest BCUT2D eigenvalue weighted by Crippen LogP contribution is 2.38. The SMILES string of the molecule is CCC1CCCCN1c1ncnc(Nc2nc3ccccc3s2)c1[N+](=O)[O-]. The Morgan fingerprint density at radius 2 is 2.19 bits per heavy atom. The molecular formula is C18H20N6O2S. The fourth-order valence-corrected chi connectivity index (χ4v) is 4.43. The molecule has 27 heavy (non-hydrogen) atoms. The van der Waals surface area contributed by atoms with E-state index >= 15 is 0 Å². The van der Waals surface area contributed by atoms with Gasteiger partial charge < -0.3 is 10.2 Å². The van der Waals surface area contributed by atoms with Crippen LogP contribution in [0.4, 0.5) is 22.5 Å². The van der Waals surface area contributed by atoms with Gasteiger partial charge in [0.05, 0.1) is 15.1 Å². The predicted molar refractivity (Wildman–Crippen MR) is 107 cm³/mol. The van der Waals surface area contributed by atoms with E-state index in [0.717, 1.165) is 42.4 Å². The molecule has 1 unspecified atom stereocenters. The Balaban J connectivity index is 1.73. The molecule has 2 aromatic heterocycles. The Hall–Kier alpha value is -2.81. The lowest BCUT2D eigenvalue weighted by atomic mass is 10.00. The van der Waals surface area contributed by atoms with Gasteiger partial charge in [-0.05, 0) is 37.8 Å². The molecule has 1 saturated heterocycles. The maximum Gasteiger partial charge on any atom is 0.353 e. The number of rotatable bonds is 5. The number of thiazole rings is 1. The first-order valence-electron chi connectivity index (χ1n) is 9.06. The summed E-state index contributed by atoms with van der Waals surface area (Å²) in [6, 6.07) is 8.01. The molecule has 3 aromatic rings. The van der Waals surface area contributed by atoms with Gasteiger partial charge in [0, 0.05) is 12.6 Å². The summed E-state index contributed by atoms with van der Waals surface area (Å²) in [4.78, 5) is 26.5. The van der Waals surface area contributed by atoms with E-state index < -0.39 is 4.92 Å². The summed E-state index contributed by atoms with van der Waals surface area (Å²) in [7, 11) is 0. The van der Waals surface area contributed by atoms with Crippen molar-refractivity contribution in [3.05, 3.63) is 40.7 Å². The van der Waals surface area contributed by atoms with Crippen molar-refractivity contribution in [2.24, 2.45) is 0 Å². The van der Waals surface area contributed by atoms with Gasteiger partial charge in [-0.2, -0.15) is 0 Å². The molecule has 9 heteroatoms. The van der Waals surface area contributed by atoms with Crippen LogP contribution in [-0.2, 0) is 0 Å². The van der Waals surface area contributed by atoms with Gasteiger partial charge in [0.2, 0.25) is 11.6 Å². The Bertz CT molecular complexity index is 942. The first-order chi connectivity index (χ1) is 13.2. The second-order valence-electron chi connectivity index (χ2n) is 6.51. The zero-order valence-electron chi connectivity index (χ0n) is 15.0. The number of para-hydroxylation sites is 1. The number of nitrogens with one attached hydrogen (secondary N) is 1. The van der Waals surface area contributed by atoms with Crippen molar-refractivity contribution in [2.45, 2.75) is 38.6 Å². The van der Waals surface area contributed by atoms with Crippen LogP contribution in [0.1, 0.15) is 32.6 Å². The van der Waals surface area contributed by atoms with Crippen molar-refractivity contribution in [1.29, 1.82) is 0 Å². The van der Waals surface area contributed by atoms with Gasteiger partial charge in [-0.25, -0.2) is 15.0 Å². The van der Waals surface area contributed by atoms with Crippen molar-refractivity contribution >= 4 is 44.0 Å². The van der Waals surface area contributed by atoms with E-state index in [-0.39, 0.29) is 17.5 Å². The third kappa shape index (κ3) is 3.42. The first-order valence-corrected chi connectivity index (χ1v) is 9.87. The van der Waals surface area contributed by atoms with Gasteiger partial charge in [0.25, 0.3) is 0 Å². The highest BCUT2D eigenvalue weighted by Gasteiger charge is 2.32. The second kappa shape index (κ2) is 7.43. The molecule has 0 radical (unpaired) electrons. The lowest BCUT2D eigenvalue weighted by molar-refractivity contribution is -0.383. The van der Waals surface area contributed by atoms with Crippen LogP contribution in [0.2, 0.25) is 0 Å². The Morgan fingerprint density at radius 3 is 2.96 bits per heavy atom. The minimum atomic E-state index is -0.397. The van der Waals surface area contributed by atoms with Crippen LogP contribution >= 0.6 is 11.3 Å². The molecule has 8 nitrogen and oxygen atoms in total. The molecule has 0 aliphatic carbocycles. The summed E-state index contributed by atoms with van der Waals surface area (Å²) >= 11 is 1.44. The minimum Gasteiger partial charge on any atom is -0.348 e. The number of nitro groups is 1. The minimum absolute atomic E-state index is 0.0860. The van der Waals surface area contributed by atoms with Crippen molar-refractivity contribution in [1.82, 2.24) is 15.0 Å². The third-order valence-electron chi connectivity index (χ3n) is 4.88. The normalized spacial score (nSPS) is 17.2. The number of fused-ring (bicyclic) bond motifs is 1. The standard InChI is InChI=1S/C18H20N6O2S/c1-2-12-7-5-6-10-23(12)17-15(24(25)26)16(19-11-20-17)22-18-21-13-8-3-4-9-14(13)27-18/h3-4,8-9,11-12H,2,5-7,10H2,1H3,(H,19,20,21,22). The van der Waals surface area contributed by atoms with Crippen molar-refractivity contribution in [3.8, 4) is 0 Å². The Morgan fingerprint density at radius 1 is 1.33 bits per heavy atom. The summed E-state index contributed by atoms with van der Waals surface area (Å²) in [5.74, 6) is 0.578. The van der Waals surface area contributed by atoms with E-state index in [4.69, 9.17) is 0 Å². The zero-order chi connectivity index (χ0) is 18.8. The summed E-state index contributed by atoms with van der Waals surface area (Å²) in [5.41, 5.74) is 0.765. The maximum absolute atomic E-state index is 11.9. The highest BCUT2D eigenvalue weighted by atomic mass is 32.1. The highest BCUT2D eigenvalue weighted by molar-refractivity contribution is 7.22. The number of nitrogens with zero attached hydrogens (tertiary/aromatic N) is 5. The molecule has 4 rings (SSSR count). The number of piperidine rings is 1. The number of hydrogen-bond donors (Lipinski definition) is 1. The van der Waals surface area contributed by atoms with E-state index in [2.05, 4.69) is 32.1 Å². The molecule has 1 N–H and O–H groups in total. The molecule has 1 atom stereocenters. The van der Waals surface area contributed by atoms with Gasteiger partial charge in [0.1, 0.15) is 6.33 Å². The van der Waals surface area contributed by atoms with E-state index in [1.807, 2.05) is 24.3 Å². The molecule has 0 saturated carbocycles. The molecule has 140 valence electrons. The average molecular weight is 384 g/mol. The van der Waals surface area contributed by atoms with E-state index in [1.54, 1.807) is 0 Å². The number of benzene rings is 1. The van der Waals surface area contributed by atoms with Gasteiger partial charge in [0.15, 0.2) is 5.13 Å². The van der Waals surface area contributed by atoms with Crippen LogP contribution in [0.3, 0.4) is 0 Å². The smallest absolute Gasteiger partial charge is 0.348 e. The van der Waals surface area contributed by atoms with E-state index in [0.29, 0.717) is 10.9 Å². The lowest BCUT2D eigenvalue weighted by Gasteiger charge is -2.35.